The van der Waals surface area contributed by atoms with Crippen LogP contribution in [0.1, 0.15) is 36.5 Å². The Balaban J connectivity index is 1.95. The van der Waals surface area contributed by atoms with Crippen molar-refractivity contribution in [3.05, 3.63) is 53.1 Å². The van der Waals surface area contributed by atoms with E-state index in [1.165, 1.54) is 19.4 Å². The molecule has 2 aromatic carbocycles. The molecule has 26 heavy (non-hydrogen) atoms. The van der Waals surface area contributed by atoms with Gasteiger partial charge in [0, 0.05) is 5.56 Å². The lowest BCUT2D eigenvalue weighted by atomic mass is 10.0. The van der Waals surface area contributed by atoms with Crippen LogP contribution in [0.3, 0.4) is 0 Å². The molecule has 6 nitrogen and oxygen atoms in total. The molecule has 0 unspecified atom stereocenters. The van der Waals surface area contributed by atoms with Crippen LogP contribution in [0, 0.1) is 6.92 Å². The summed E-state index contributed by atoms with van der Waals surface area (Å²) in [5, 5.41) is 13.6. The second-order valence-corrected chi connectivity index (χ2v) is 6.20. The van der Waals surface area contributed by atoms with Gasteiger partial charge in [0.05, 0.1) is 13.3 Å². The number of nitrogens with one attached hydrogen (secondary N) is 1. The smallest absolute Gasteiger partial charge is 0.277 e. The molecule has 1 amide bonds. The van der Waals surface area contributed by atoms with Gasteiger partial charge in [-0.05, 0) is 48.2 Å². The second kappa shape index (κ2) is 8.89. The van der Waals surface area contributed by atoms with Gasteiger partial charge in [-0.3, -0.25) is 4.79 Å². The molecule has 0 aromatic heterocycles. The third kappa shape index (κ3) is 5.24. The number of benzene rings is 2. The molecule has 0 heterocycles. The highest BCUT2D eigenvalue weighted by molar-refractivity contribution is 5.85. The van der Waals surface area contributed by atoms with E-state index in [0.717, 1.165) is 11.1 Å². The minimum absolute atomic E-state index is 0.0429. The zero-order valence-corrected chi connectivity index (χ0v) is 15.4. The molecule has 0 bridgehead atoms. The Bertz CT molecular complexity index is 800. The number of rotatable bonds is 7. The van der Waals surface area contributed by atoms with Gasteiger partial charge in [-0.15, -0.1) is 0 Å². The first-order valence-electron chi connectivity index (χ1n) is 8.33. The van der Waals surface area contributed by atoms with E-state index in [1.807, 2.05) is 25.1 Å². The van der Waals surface area contributed by atoms with Gasteiger partial charge in [0.1, 0.15) is 17.2 Å². The van der Waals surface area contributed by atoms with E-state index in [-0.39, 0.29) is 18.3 Å². The molecule has 6 heteroatoms. The molecule has 138 valence electrons. The van der Waals surface area contributed by atoms with E-state index in [4.69, 9.17) is 9.47 Å². The predicted molar refractivity (Wildman–Crippen MR) is 101 cm³/mol. The lowest BCUT2D eigenvalue weighted by Crippen LogP contribution is -2.25. The maximum Gasteiger partial charge on any atom is 0.277 e. The molecule has 0 aliphatic heterocycles. The predicted octanol–water partition coefficient (Wildman–Crippen LogP) is 3.36. The standard InChI is InChI=1S/C20H24N2O4/c1-13(2)17-7-5-14(3)9-19(17)26-12-20(24)22-21-11-15-10-16(25-4)6-8-18(15)23/h5-11,13,23H,12H2,1-4H3,(H,22,24)/b21-11+. The maximum atomic E-state index is 11.9. The normalized spacial score (nSPS) is 11.0. The average molecular weight is 356 g/mol. The van der Waals surface area contributed by atoms with Crippen molar-refractivity contribution in [3.8, 4) is 17.2 Å². The molecule has 2 rings (SSSR count). The van der Waals surface area contributed by atoms with E-state index < -0.39 is 0 Å². The fourth-order valence-electron chi connectivity index (χ4n) is 2.36. The van der Waals surface area contributed by atoms with Crippen molar-refractivity contribution >= 4 is 12.1 Å². The lowest BCUT2D eigenvalue weighted by molar-refractivity contribution is -0.123. The van der Waals surface area contributed by atoms with E-state index in [1.54, 1.807) is 12.1 Å². The Morgan fingerprint density at radius 1 is 1.27 bits per heavy atom. The average Bonchev–Trinajstić information content (AvgIpc) is 2.61. The van der Waals surface area contributed by atoms with Crippen molar-refractivity contribution in [1.29, 1.82) is 0 Å². The highest BCUT2D eigenvalue weighted by Gasteiger charge is 2.10. The van der Waals surface area contributed by atoms with Gasteiger partial charge in [-0.25, -0.2) is 5.43 Å². The minimum atomic E-state index is -0.389. The molecule has 0 saturated heterocycles. The SMILES string of the molecule is COc1ccc(O)c(/C=N/NC(=O)COc2cc(C)ccc2C(C)C)c1. The molecule has 0 fully saturated rings. The van der Waals surface area contributed by atoms with Crippen LogP contribution in [0.2, 0.25) is 0 Å². The van der Waals surface area contributed by atoms with Crippen LogP contribution in [0.4, 0.5) is 0 Å². The van der Waals surface area contributed by atoms with Crippen molar-refractivity contribution in [2.75, 3.05) is 13.7 Å². The van der Waals surface area contributed by atoms with Crippen LogP contribution in [0.15, 0.2) is 41.5 Å². The van der Waals surface area contributed by atoms with Gasteiger partial charge < -0.3 is 14.6 Å². The fraction of sp³-hybridized carbons (Fsp3) is 0.300. The number of hydrogen-bond acceptors (Lipinski definition) is 5. The summed E-state index contributed by atoms with van der Waals surface area (Å²) in [6, 6.07) is 10.7. The Hall–Kier alpha value is -3.02. The number of methoxy groups -OCH3 is 1. The molecule has 2 N–H and O–H groups in total. The van der Waals surface area contributed by atoms with Crippen LogP contribution in [0.5, 0.6) is 17.2 Å². The topological polar surface area (TPSA) is 80.2 Å². The number of aryl methyl sites for hydroxylation is 1. The molecular formula is C20H24N2O4. The number of hydrogen-bond donors (Lipinski definition) is 2. The van der Waals surface area contributed by atoms with E-state index in [0.29, 0.717) is 23.0 Å². The number of aromatic hydroxyl groups is 1. The lowest BCUT2D eigenvalue weighted by Gasteiger charge is -2.14. The number of hydrazone groups is 1. The number of carbonyl (C=O) groups is 1. The largest absolute Gasteiger partial charge is 0.507 e. The van der Waals surface area contributed by atoms with Crippen molar-refractivity contribution in [2.45, 2.75) is 26.7 Å². The summed E-state index contributed by atoms with van der Waals surface area (Å²) in [5.41, 5.74) is 4.93. The molecule has 0 atom stereocenters. The second-order valence-electron chi connectivity index (χ2n) is 6.20. The van der Waals surface area contributed by atoms with Crippen molar-refractivity contribution in [2.24, 2.45) is 5.10 Å². The van der Waals surface area contributed by atoms with Gasteiger partial charge in [0.2, 0.25) is 0 Å². The van der Waals surface area contributed by atoms with Crippen LogP contribution < -0.4 is 14.9 Å². The van der Waals surface area contributed by atoms with Crippen molar-refractivity contribution in [3.63, 3.8) is 0 Å². The summed E-state index contributed by atoms with van der Waals surface area (Å²) in [6.07, 6.45) is 1.35. The Labute approximate surface area is 153 Å². The molecule has 0 aliphatic carbocycles. The summed E-state index contributed by atoms with van der Waals surface area (Å²) in [4.78, 5) is 11.9. The summed E-state index contributed by atoms with van der Waals surface area (Å²) in [6.45, 7) is 5.97. The minimum Gasteiger partial charge on any atom is -0.507 e. The first-order chi connectivity index (χ1) is 12.4. The molecule has 0 radical (unpaired) electrons. The molecule has 0 aliphatic rings. The maximum absolute atomic E-state index is 11.9. The van der Waals surface area contributed by atoms with Gasteiger partial charge in [-0.2, -0.15) is 5.10 Å². The highest BCUT2D eigenvalue weighted by Crippen LogP contribution is 2.27. The molecule has 2 aromatic rings. The Kier molecular flexibility index (Phi) is 6.60. The third-order valence-corrected chi connectivity index (χ3v) is 3.78. The van der Waals surface area contributed by atoms with Crippen LogP contribution in [-0.4, -0.2) is 30.9 Å². The van der Waals surface area contributed by atoms with Crippen LogP contribution in [0.25, 0.3) is 0 Å². The molecular weight excluding hydrogens is 332 g/mol. The van der Waals surface area contributed by atoms with Crippen molar-refractivity contribution < 1.29 is 19.4 Å². The number of phenolic OH excluding ortho intramolecular Hbond substituents is 1. The monoisotopic (exact) mass is 356 g/mol. The quantitative estimate of drug-likeness (QED) is 0.589. The first kappa shape index (κ1) is 19.3. The molecule has 0 spiro atoms. The number of ether oxygens (including phenoxy) is 2. The summed E-state index contributed by atoms with van der Waals surface area (Å²) in [7, 11) is 1.53. The number of phenols is 1. The van der Waals surface area contributed by atoms with Gasteiger partial charge in [0.15, 0.2) is 6.61 Å². The van der Waals surface area contributed by atoms with Crippen LogP contribution >= 0.6 is 0 Å². The van der Waals surface area contributed by atoms with Gasteiger partial charge in [0.25, 0.3) is 5.91 Å². The summed E-state index contributed by atoms with van der Waals surface area (Å²) in [5.74, 6) is 1.23. The zero-order chi connectivity index (χ0) is 19.1. The van der Waals surface area contributed by atoms with Gasteiger partial charge >= 0.3 is 0 Å². The van der Waals surface area contributed by atoms with Crippen LogP contribution in [-0.2, 0) is 4.79 Å². The van der Waals surface area contributed by atoms with E-state index in [9.17, 15) is 9.90 Å². The van der Waals surface area contributed by atoms with E-state index in [2.05, 4.69) is 24.4 Å². The summed E-state index contributed by atoms with van der Waals surface area (Å²) >= 11 is 0. The number of amides is 1. The zero-order valence-electron chi connectivity index (χ0n) is 15.4. The Morgan fingerprint density at radius 2 is 2.04 bits per heavy atom. The van der Waals surface area contributed by atoms with E-state index >= 15 is 0 Å². The van der Waals surface area contributed by atoms with Gasteiger partial charge in [-0.1, -0.05) is 26.0 Å². The highest BCUT2D eigenvalue weighted by atomic mass is 16.5. The Morgan fingerprint density at radius 3 is 2.73 bits per heavy atom. The third-order valence-electron chi connectivity index (χ3n) is 3.78. The number of nitrogens with zero attached hydrogens (tertiary/aromatic N) is 1. The first-order valence-corrected chi connectivity index (χ1v) is 8.33. The summed E-state index contributed by atoms with van der Waals surface area (Å²) < 4.78 is 10.7. The van der Waals surface area contributed by atoms with Crippen molar-refractivity contribution in [1.82, 2.24) is 5.43 Å². The number of carbonyl (C=O) groups excluding carboxylic acids is 1. The fourth-order valence-corrected chi connectivity index (χ4v) is 2.36. The molecule has 0 saturated carbocycles.